The molecule has 0 spiro atoms. The molecule has 2 unspecified atom stereocenters. The van der Waals surface area contributed by atoms with Gasteiger partial charge >= 0.3 is 0 Å². The minimum atomic E-state index is 0. The van der Waals surface area contributed by atoms with Crippen LogP contribution < -0.4 is 4.90 Å². The van der Waals surface area contributed by atoms with E-state index in [-0.39, 0.29) is 22.0 Å². The van der Waals surface area contributed by atoms with Crippen molar-refractivity contribution in [1.82, 2.24) is 0 Å². The minimum absolute atomic E-state index is 0. The van der Waals surface area contributed by atoms with E-state index in [4.69, 9.17) is 6.42 Å². The number of ketones is 1. The Kier molecular flexibility index (Phi) is 17.0. The molecule has 1 amide bonds. The van der Waals surface area contributed by atoms with Gasteiger partial charge in [-0.15, -0.1) is 6.42 Å². The molecule has 0 radical (unpaired) electrons. The van der Waals surface area contributed by atoms with Crippen molar-refractivity contribution in [3.05, 3.63) is 89.0 Å². The zero-order valence-electron chi connectivity index (χ0n) is 27.0. The van der Waals surface area contributed by atoms with Crippen molar-refractivity contribution in [1.29, 1.82) is 0 Å². The lowest BCUT2D eigenvalue weighted by molar-refractivity contribution is -0.117. The zero-order valence-corrected chi connectivity index (χ0v) is 27.0. The Labute approximate surface area is 266 Å². The van der Waals surface area contributed by atoms with Crippen LogP contribution in [0.2, 0.25) is 0 Å². The Morgan fingerprint density at radius 2 is 1.60 bits per heavy atom. The van der Waals surface area contributed by atoms with Crippen LogP contribution in [-0.4, -0.2) is 18.2 Å². The number of carbonyl (C=O) groups excluding carboxylic acids is 2. The van der Waals surface area contributed by atoms with Crippen LogP contribution in [0.3, 0.4) is 0 Å². The third kappa shape index (κ3) is 11.9. The third-order valence-corrected chi connectivity index (χ3v) is 7.83. The van der Waals surface area contributed by atoms with E-state index >= 15 is 0 Å². The first-order valence-electron chi connectivity index (χ1n) is 15.7. The molecule has 0 heterocycles. The number of carbonyl (C=O) groups is 2. The van der Waals surface area contributed by atoms with E-state index < -0.39 is 0 Å². The summed E-state index contributed by atoms with van der Waals surface area (Å²) in [6.07, 6.45) is 20.7. The summed E-state index contributed by atoms with van der Waals surface area (Å²) in [6.45, 7) is 14.5. The third-order valence-electron chi connectivity index (χ3n) is 7.83. The minimum Gasteiger partial charge on any atom is -0.313 e. The number of hydrogen-bond donors (Lipinski definition) is 0. The first-order chi connectivity index (χ1) is 20.2. The normalized spacial score (nSPS) is 16.3. The molecule has 0 saturated carbocycles. The van der Waals surface area contributed by atoms with Crippen LogP contribution in [0.4, 0.5) is 5.69 Å². The number of hydrogen-bond acceptors (Lipinski definition) is 2. The highest BCUT2D eigenvalue weighted by atomic mass is 16.2. The molecule has 4 rings (SSSR count). The van der Waals surface area contributed by atoms with Gasteiger partial charge in [0, 0.05) is 34.0 Å². The molecule has 3 nitrogen and oxygen atoms in total. The Bertz CT molecular complexity index is 1310. The number of anilines is 1. The maximum atomic E-state index is 12.2. The average Bonchev–Trinajstić information content (AvgIpc) is 2.98. The van der Waals surface area contributed by atoms with Crippen LogP contribution in [0.5, 0.6) is 0 Å². The van der Waals surface area contributed by atoms with Crippen molar-refractivity contribution in [2.75, 3.05) is 11.4 Å². The fourth-order valence-corrected chi connectivity index (χ4v) is 5.43. The molecule has 0 saturated heterocycles. The van der Waals surface area contributed by atoms with E-state index in [1.807, 2.05) is 24.8 Å². The average molecular weight is 586 g/mol. The number of rotatable bonds is 9. The van der Waals surface area contributed by atoms with Crippen LogP contribution in [0, 0.1) is 18.3 Å². The highest BCUT2D eigenvalue weighted by molar-refractivity contribution is 5.91. The largest absolute Gasteiger partial charge is 0.313 e. The number of nitrogens with zero attached hydrogens (tertiary/aromatic N) is 1. The highest BCUT2D eigenvalue weighted by Crippen LogP contribution is 2.32. The van der Waals surface area contributed by atoms with E-state index in [0.717, 1.165) is 56.3 Å². The summed E-state index contributed by atoms with van der Waals surface area (Å²) in [5.74, 6) is 4.02. The van der Waals surface area contributed by atoms with Crippen molar-refractivity contribution in [3.63, 3.8) is 0 Å². The van der Waals surface area contributed by atoms with Gasteiger partial charge in [0.15, 0.2) is 0 Å². The molecular weight excluding hydrogens is 526 g/mol. The Morgan fingerprint density at radius 3 is 2.21 bits per heavy atom. The number of fused-ring (bicyclic) bond motifs is 1. The molecule has 2 aromatic rings. The molecular formula is C40H59NO2. The molecule has 236 valence electrons. The topological polar surface area (TPSA) is 37.4 Å². The SMILES string of the molecule is C.C#CC1=CC=C(C)CC1C.CC.CC(=O)CCCCCCN(C(C)=O)c1ccc(-c2ccc3c(c2)C(C)C=CC3)cc1.[HH].[HH]. The molecule has 0 N–H and O–H groups in total. The molecule has 0 fully saturated rings. The van der Waals surface area contributed by atoms with Crippen LogP contribution in [-0.2, 0) is 16.0 Å². The van der Waals surface area contributed by atoms with Gasteiger partial charge in [-0.2, -0.15) is 0 Å². The summed E-state index contributed by atoms with van der Waals surface area (Å²) in [4.78, 5) is 25.1. The van der Waals surface area contributed by atoms with Crippen LogP contribution >= 0.6 is 0 Å². The summed E-state index contributed by atoms with van der Waals surface area (Å²) >= 11 is 0. The molecule has 0 aromatic heterocycles. The van der Waals surface area contributed by atoms with Gasteiger partial charge in [-0.1, -0.05) is 114 Å². The van der Waals surface area contributed by atoms with Gasteiger partial charge in [-0.05, 0) is 85.8 Å². The molecule has 2 aliphatic carbocycles. The van der Waals surface area contributed by atoms with Crippen molar-refractivity contribution in [3.8, 4) is 23.5 Å². The molecule has 2 aromatic carbocycles. The number of terminal acetylenes is 1. The van der Waals surface area contributed by atoms with Crippen LogP contribution in [0.1, 0.15) is 114 Å². The van der Waals surface area contributed by atoms with Crippen LogP contribution in [0.25, 0.3) is 11.1 Å². The lowest BCUT2D eigenvalue weighted by Crippen LogP contribution is -2.29. The van der Waals surface area contributed by atoms with E-state index in [1.54, 1.807) is 13.8 Å². The van der Waals surface area contributed by atoms with Gasteiger partial charge in [0.1, 0.15) is 5.78 Å². The van der Waals surface area contributed by atoms with Gasteiger partial charge in [-0.25, -0.2) is 0 Å². The lowest BCUT2D eigenvalue weighted by atomic mass is 9.87. The van der Waals surface area contributed by atoms with Gasteiger partial charge in [0.25, 0.3) is 0 Å². The smallest absolute Gasteiger partial charge is 0.223 e. The van der Waals surface area contributed by atoms with Gasteiger partial charge in [0.05, 0.1) is 0 Å². The maximum absolute atomic E-state index is 12.2. The number of Topliss-reactive ketones (excluding diaryl/α,β-unsaturated/α-hetero) is 1. The predicted molar refractivity (Wildman–Crippen MR) is 192 cm³/mol. The van der Waals surface area contributed by atoms with Crippen molar-refractivity contribution >= 4 is 17.4 Å². The first-order valence-corrected chi connectivity index (χ1v) is 15.7. The second-order valence-corrected chi connectivity index (χ2v) is 11.3. The Balaban J connectivity index is 0. The number of allylic oxidation sites excluding steroid dienone is 6. The van der Waals surface area contributed by atoms with E-state index in [2.05, 4.69) is 87.4 Å². The fraction of sp³-hybridized carbons (Fsp3) is 0.450. The molecule has 0 aliphatic heterocycles. The van der Waals surface area contributed by atoms with Crippen molar-refractivity contribution < 1.29 is 12.4 Å². The van der Waals surface area contributed by atoms with E-state index in [0.29, 0.717) is 18.3 Å². The van der Waals surface area contributed by atoms with Crippen molar-refractivity contribution in [2.24, 2.45) is 5.92 Å². The van der Waals surface area contributed by atoms with E-state index in [1.165, 1.54) is 27.8 Å². The Hall–Kier alpha value is -3.64. The number of amides is 1. The molecule has 2 aliphatic rings. The second kappa shape index (κ2) is 19.5. The number of benzene rings is 2. The molecule has 43 heavy (non-hydrogen) atoms. The van der Waals surface area contributed by atoms with E-state index in [9.17, 15) is 9.59 Å². The maximum Gasteiger partial charge on any atom is 0.223 e. The van der Waals surface area contributed by atoms with Gasteiger partial charge < -0.3 is 9.69 Å². The van der Waals surface area contributed by atoms with Crippen LogP contribution in [0.15, 0.2) is 77.9 Å². The molecule has 2 atom stereocenters. The fourth-order valence-electron chi connectivity index (χ4n) is 5.43. The van der Waals surface area contributed by atoms with Gasteiger partial charge in [0.2, 0.25) is 5.91 Å². The van der Waals surface area contributed by atoms with Crippen molar-refractivity contribution in [2.45, 2.75) is 107 Å². The molecule has 3 heteroatoms. The summed E-state index contributed by atoms with van der Waals surface area (Å²) in [5, 5.41) is 0. The summed E-state index contributed by atoms with van der Waals surface area (Å²) in [7, 11) is 0. The Morgan fingerprint density at radius 1 is 0.953 bits per heavy atom. The lowest BCUT2D eigenvalue weighted by Gasteiger charge is -2.22. The number of unbranched alkanes of at least 4 members (excludes halogenated alkanes) is 3. The summed E-state index contributed by atoms with van der Waals surface area (Å²) in [5.41, 5.74) is 8.73. The zero-order chi connectivity index (χ0) is 31.1. The predicted octanol–water partition coefficient (Wildman–Crippen LogP) is 11.1. The van der Waals surface area contributed by atoms with Gasteiger partial charge in [-0.3, -0.25) is 4.79 Å². The summed E-state index contributed by atoms with van der Waals surface area (Å²) in [6, 6.07) is 15.1. The second-order valence-electron chi connectivity index (χ2n) is 11.3. The standard InChI is InChI=1S/C27H33NO2.C10H12.C2H6.CH4.2H2/c1-20-9-8-11-24-12-13-25(19-27(20)24)23-14-16-26(17-15-23)28(22(3)30)18-7-5-4-6-10-21(2)29;1-4-10-6-5-8(2)7-9(10)3;1-2;;;/h8-9,12-17,19-20H,4-7,10-11,18H2,1-3H3;1,5-6,9H,7H2,2-3H3;1-2H3;1H4;2*1H. The highest BCUT2D eigenvalue weighted by Gasteiger charge is 2.15. The monoisotopic (exact) mass is 585 g/mol. The quantitative estimate of drug-likeness (QED) is 0.167. The first kappa shape index (κ1) is 37.4. The summed E-state index contributed by atoms with van der Waals surface area (Å²) < 4.78 is 0. The molecule has 0 bridgehead atoms.